The Balaban J connectivity index is 2.28. The second kappa shape index (κ2) is 5.32. The molecule has 0 aliphatic carbocycles. The predicted octanol–water partition coefficient (Wildman–Crippen LogP) is 4.54. The van der Waals surface area contributed by atoms with Gasteiger partial charge in [0, 0.05) is 38.5 Å². The minimum atomic E-state index is -0.273. The number of unbranched alkanes of at least 4 members (excludes halogenated alkanes) is 1. The average Bonchev–Trinajstić information content (AvgIpc) is 2.46. The molecule has 21 heavy (non-hydrogen) atoms. The van der Waals surface area contributed by atoms with Crippen molar-refractivity contribution in [2.45, 2.75) is 19.8 Å². The summed E-state index contributed by atoms with van der Waals surface area (Å²) in [6.07, 6.45) is 1.71. The molecule has 0 saturated carbocycles. The van der Waals surface area contributed by atoms with E-state index < -0.39 is 0 Å². The number of carbonyl (C=O) groups is 2. The topological polar surface area (TPSA) is 37.4 Å². The van der Waals surface area contributed by atoms with Gasteiger partial charge >= 0.3 is 0 Å². The van der Waals surface area contributed by atoms with Gasteiger partial charge in [0.1, 0.15) is 0 Å². The smallest absolute Gasteiger partial charge is 0.261 e. The molecule has 0 radical (unpaired) electrons. The highest BCUT2D eigenvalue weighted by atomic mass is 35.5. The molecule has 0 atom stereocenters. The van der Waals surface area contributed by atoms with Crippen LogP contribution in [0, 0.1) is 0 Å². The Hall–Kier alpha value is -1.58. The monoisotopic (exact) mass is 321 g/mol. The Kier molecular flexibility index (Phi) is 3.64. The minimum Gasteiger partial charge on any atom is -0.274 e. The summed E-state index contributed by atoms with van der Waals surface area (Å²) in [5.41, 5.74) is 0.977. The SMILES string of the molecule is CCCCN1C(=O)c2ccc(Cl)c3c(Cl)ccc(c23)C1=O. The van der Waals surface area contributed by atoms with Gasteiger partial charge in [0.15, 0.2) is 0 Å². The highest BCUT2D eigenvalue weighted by molar-refractivity contribution is 6.44. The van der Waals surface area contributed by atoms with Crippen molar-refractivity contribution in [2.24, 2.45) is 0 Å². The van der Waals surface area contributed by atoms with Gasteiger partial charge in [0.25, 0.3) is 11.8 Å². The second-order valence-corrected chi connectivity index (χ2v) is 5.87. The van der Waals surface area contributed by atoms with Gasteiger partial charge in [0.2, 0.25) is 0 Å². The Morgan fingerprint density at radius 1 is 0.905 bits per heavy atom. The van der Waals surface area contributed by atoms with Crippen molar-refractivity contribution in [3.63, 3.8) is 0 Å². The number of nitrogens with zero attached hydrogens (tertiary/aromatic N) is 1. The Morgan fingerprint density at radius 2 is 1.43 bits per heavy atom. The van der Waals surface area contributed by atoms with Crippen LogP contribution in [-0.2, 0) is 0 Å². The molecular weight excluding hydrogens is 309 g/mol. The second-order valence-electron chi connectivity index (χ2n) is 5.06. The lowest BCUT2D eigenvalue weighted by Gasteiger charge is -2.27. The highest BCUT2D eigenvalue weighted by Gasteiger charge is 2.33. The molecule has 0 aromatic heterocycles. The summed E-state index contributed by atoms with van der Waals surface area (Å²) in [6, 6.07) is 6.64. The maximum Gasteiger partial charge on any atom is 0.261 e. The van der Waals surface area contributed by atoms with Gasteiger partial charge in [-0.3, -0.25) is 14.5 Å². The summed E-state index contributed by atoms with van der Waals surface area (Å²) in [7, 11) is 0. The molecule has 0 bridgehead atoms. The van der Waals surface area contributed by atoms with Crippen LogP contribution in [0.1, 0.15) is 40.5 Å². The summed E-state index contributed by atoms with van der Waals surface area (Å²) in [5.74, 6) is -0.547. The number of hydrogen-bond donors (Lipinski definition) is 0. The molecule has 0 saturated heterocycles. The third-order valence-electron chi connectivity index (χ3n) is 3.75. The lowest BCUT2D eigenvalue weighted by Crippen LogP contribution is -2.40. The van der Waals surface area contributed by atoms with Gasteiger partial charge < -0.3 is 0 Å². The number of benzene rings is 2. The van der Waals surface area contributed by atoms with E-state index in [1.165, 1.54) is 4.90 Å². The van der Waals surface area contributed by atoms with Gasteiger partial charge in [-0.15, -0.1) is 0 Å². The van der Waals surface area contributed by atoms with Crippen LogP contribution in [-0.4, -0.2) is 23.3 Å². The van der Waals surface area contributed by atoms with Crippen molar-refractivity contribution in [3.05, 3.63) is 45.4 Å². The fourth-order valence-electron chi connectivity index (χ4n) is 2.67. The first-order valence-electron chi connectivity index (χ1n) is 6.83. The van der Waals surface area contributed by atoms with Crippen LogP contribution in [0.4, 0.5) is 0 Å². The molecule has 0 spiro atoms. The van der Waals surface area contributed by atoms with Crippen molar-refractivity contribution in [1.82, 2.24) is 4.90 Å². The zero-order chi connectivity index (χ0) is 15.1. The van der Waals surface area contributed by atoms with Crippen molar-refractivity contribution in [2.75, 3.05) is 6.54 Å². The third kappa shape index (κ3) is 2.12. The molecule has 2 amide bonds. The van der Waals surface area contributed by atoms with Crippen LogP contribution in [0.5, 0.6) is 0 Å². The van der Waals surface area contributed by atoms with Crippen LogP contribution in [0.3, 0.4) is 0 Å². The summed E-state index contributed by atoms with van der Waals surface area (Å²) < 4.78 is 0. The van der Waals surface area contributed by atoms with E-state index in [2.05, 4.69) is 0 Å². The van der Waals surface area contributed by atoms with Gasteiger partial charge in [-0.05, 0) is 30.7 Å². The van der Waals surface area contributed by atoms with Crippen molar-refractivity contribution in [1.29, 1.82) is 0 Å². The molecular formula is C16H13Cl2NO2. The molecule has 2 aromatic carbocycles. The Bertz CT molecular complexity index is 714. The number of rotatable bonds is 3. The third-order valence-corrected chi connectivity index (χ3v) is 4.38. The summed E-state index contributed by atoms with van der Waals surface area (Å²) in [4.78, 5) is 26.4. The van der Waals surface area contributed by atoms with E-state index in [9.17, 15) is 9.59 Å². The number of amides is 2. The van der Waals surface area contributed by atoms with E-state index in [1.54, 1.807) is 24.3 Å². The molecule has 5 heteroatoms. The zero-order valence-corrected chi connectivity index (χ0v) is 13.0. The Labute approximate surface area is 132 Å². The zero-order valence-electron chi connectivity index (χ0n) is 11.5. The van der Waals surface area contributed by atoms with Crippen molar-refractivity contribution >= 4 is 45.8 Å². The average molecular weight is 322 g/mol. The van der Waals surface area contributed by atoms with E-state index in [0.29, 0.717) is 38.5 Å². The molecule has 1 aliphatic heterocycles. The van der Waals surface area contributed by atoms with Crippen molar-refractivity contribution < 1.29 is 9.59 Å². The van der Waals surface area contributed by atoms with E-state index in [-0.39, 0.29) is 11.8 Å². The van der Waals surface area contributed by atoms with E-state index >= 15 is 0 Å². The molecule has 2 aromatic rings. The lowest BCUT2D eigenvalue weighted by atomic mass is 9.94. The number of halogens is 2. The first kappa shape index (κ1) is 14.4. The molecule has 0 N–H and O–H groups in total. The quantitative estimate of drug-likeness (QED) is 0.778. The van der Waals surface area contributed by atoms with Crippen LogP contribution < -0.4 is 0 Å². The maximum atomic E-state index is 12.6. The molecule has 1 aliphatic rings. The molecule has 0 unspecified atom stereocenters. The highest BCUT2D eigenvalue weighted by Crippen LogP contribution is 2.38. The standard InChI is InChI=1S/C16H13Cl2NO2/c1-2-3-8-19-15(20)9-4-6-11(17)14-12(18)7-5-10(13(9)14)16(19)21/h4-7H,2-3,8H2,1H3. The van der Waals surface area contributed by atoms with Crippen LogP contribution >= 0.6 is 23.2 Å². The molecule has 108 valence electrons. The normalized spacial score (nSPS) is 14.1. The van der Waals surface area contributed by atoms with Crippen LogP contribution in [0.25, 0.3) is 10.8 Å². The fraction of sp³-hybridized carbons (Fsp3) is 0.250. The van der Waals surface area contributed by atoms with E-state index in [4.69, 9.17) is 23.2 Å². The minimum absolute atomic E-state index is 0.273. The Morgan fingerprint density at radius 3 is 1.90 bits per heavy atom. The van der Waals surface area contributed by atoms with E-state index in [1.807, 2.05) is 6.92 Å². The summed E-state index contributed by atoms with van der Waals surface area (Å²) in [5, 5.41) is 2.04. The maximum absolute atomic E-state index is 12.6. The number of hydrogen-bond acceptors (Lipinski definition) is 2. The number of carbonyl (C=O) groups excluding carboxylic acids is 2. The van der Waals surface area contributed by atoms with Gasteiger partial charge in [0.05, 0.1) is 0 Å². The lowest BCUT2D eigenvalue weighted by molar-refractivity contribution is 0.0608. The largest absolute Gasteiger partial charge is 0.274 e. The van der Waals surface area contributed by atoms with Crippen LogP contribution in [0.2, 0.25) is 10.0 Å². The summed E-state index contributed by atoms with van der Waals surface area (Å²) >= 11 is 12.4. The molecule has 0 fully saturated rings. The molecule has 3 nitrogen and oxygen atoms in total. The molecule has 3 rings (SSSR count). The fourth-order valence-corrected chi connectivity index (χ4v) is 3.24. The summed E-state index contributed by atoms with van der Waals surface area (Å²) in [6.45, 7) is 2.45. The van der Waals surface area contributed by atoms with Crippen LogP contribution in [0.15, 0.2) is 24.3 Å². The van der Waals surface area contributed by atoms with Gasteiger partial charge in [-0.25, -0.2) is 0 Å². The first-order valence-corrected chi connectivity index (χ1v) is 7.58. The van der Waals surface area contributed by atoms with E-state index in [0.717, 1.165) is 12.8 Å². The first-order chi connectivity index (χ1) is 10.1. The number of imide groups is 1. The van der Waals surface area contributed by atoms with Gasteiger partial charge in [-0.2, -0.15) is 0 Å². The molecule has 1 heterocycles. The van der Waals surface area contributed by atoms with Crippen molar-refractivity contribution in [3.8, 4) is 0 Å². The predicted molar refractivity (Wildman–Crippen MR) is 84.2 cm³/mol. The van der Waals surface area contributed by atoms with Gasteiger partial charge in [-0.1, -0.05) is 36.5 Å².